The van der Waals surface area contributed by atoms with Crippen LogP contribution in [0.3, 0.4) is 0 Å². The highest BCUT2D eigenvalue weighted by atomic mass is 32.1. The van der Waals surface area contributed by atoms with Gasteiger partial charge in [-0.15, -0.1) is 0 Å². The number of nitrogens with zero attached hydrogens (tertiary/aromatic N) is 1. The monoisotopic (exact) mass is 283 g/mol. The molecule has 0 bridgehead atoms. The number of nitrogens with two attached hydrogens (primary N) is 1. The molecule has 1 aliphatic heterocycles. The van der Waals surface area contributed by atoms with Gasteiger partial charge in [0.2, 0.25) is 0 Å². The number of hydrogen-bond acceptors (Lipinski definition) is 2. The summed E-state index contributed by atoms with van der Waals surface area (Å²) < 4.78 is 0. The van der Waals surface area contributed by atoms with Gasteiger partial charge in [-0.2, -0.15) is 0 Å². The summed E-state index contributed by atoms with van der Waals surface area (Å²) in [5.41, 5.74) is 5.46. The Morgan fingerprint density at radius 1 is 1.26 bits per heavy atom. The van der Waals surface area contributed by atoms with Crippen molar-refractivity contribution in [3.05, 3.63) is 0 Å². The van der Waals surface area contributed by atoms with Gasteiger partial charge in [0.1, 0.15) is 0 Å². The number of carbonyl (C=O) groups is 1. The predicted octanol–water partition coefficient (Wildman–Crippen LogP) is 2.42. The Hall–Kier alpha value is -0.840. The molecule has 2 fully saturated rings. The zero-order valence-electron chi connectivity index (χ0n) is 11.8. The van der Waals surface area contributed by atoms with Crippen LogP contribution in [0.4, 0.5) is 4.79 Å². The number of thiocarbonyl (C=S) groups is 1. The Morgan fingerprint density at radius 2 is 1.84 bits per heavy atom. The molecule has 1 saturated carbocycles. The van der Waals surface area contributed by atoms with Crippen LogP contribution in [-0.4, -0.2) is 34.5 Å². The van der Waals surface area contributed by atoms with E-state index in [4.69, 9.17) is 18.0 Å². The maximum Gasteiger partial charge on any atom is 0.318 e. The number of likely N-dealkylation sites (tertiary alicyclic amines) is 1. The van der Waals surface area contributed by atoms with Crippen molar-refractivity contribution in [1.29, 1.82) is 0 Å². The van der Waals surface area contributed by atoms with Crippen molar-refractivity contribution in [2.45, 2.75) is 57.4 Å². The van der Waals surface area contributed by atoms with Crippen molar-refractivity contribution < 1.29 is 4.79 Å². The molecule has 0 atom stereocenters. The van der Waals surface area contributed by atoms with Crippen molar-refractivity contribution in [1.82, 2.24) is 10.2 Å². The third-order valence-electron chi connectivity index (χ3n) is 4.60. The molecule has 5 heteroatoms. The van der Waals surface area contributed by atoms with Crippen LogP contribution >= 0.6 is 12.2 Å². The van der Waals surface area contributed by atoms with Gasteiger partial charge in [0.15, 0.2) is 0 Å². The van der Waals surface area contributed by atoms with E-state index in [1.807, 2.05) is 4.90 Å². The number of piperidine rings is 1. The number of hydrogen-bond donors (Lipinski definition) is 2. The van der Waals surface area contributed by atoms with Crippen LogP contribution in [0.2, 0.25) is 0 Å². The van der Waals surface area contributed by atoms with Crippen molar-refractivity contribution in [2.75, 3.05) is 13.1 Å². The van der Waals surface area contributed by atoms with E-state index in [1.54, 1.807) is 0 Å². The molecule has 3 N–H and O–H groups in total. The zero-order valence-corrected chi connectivity index (χ0v) is 12.6. The van der Waals surface area contributed by atoms with Gasteiger partial charge >= 0.3 is 6.03 Å². The summed E-state index contributed by atoms with van der Waals surface area (Å²) in [6, 6.07) is 0.0154. The molecule has 1 aliphatic carbocycles. The lowest BCUT2D eigenvalue weighted by molar-refractivity contribution is 0.162. The molecule has 0 unspecified atom stereocenters. The lowest BCUT2D eigenvalue weighted by atomic mass is 9.81. The molecule has 0 spiro atoms. The molecule has 2 rings (SSSR count). The minimum absolute atomic E-state index is 0.0154. The summed E-state index contributed by atoms with van der Waals surface area (Å²) in [5.74, 6) is 0.725. The number of nitrogens with one attached hydrogen (secondary N) is 1. The SMILES string of the molecule is CC1CCN(C(=O)NC2(C(N)=S)CCCCC2)CC1. The molecule has 4 nitrogen and oxygen atoms in total. The van der Waals surface area contributed by atoms with Crippen molar-refractivity contribution in [2.24, 2.45) is 11.7 Å². The van der Waals surface area contributed by atoms with Gasteiger partial charge < -0.3 is 16.0 Å². The first-order valence-electron chi connectivity index (χ1n) is 7.40. The zero-order chi connectivity index (χ0) is 13.9. The van der Waals surface area contributed by atoms with Crippen LogP contribution in [-0.2, 0) is 0 Å². The first-order valence-corrected chi connectivity index (χ1v) is 7.81. The van der Waals surface area contributed by atoms with Crippen LogP contribution in [0, 0.1) is 5.92 Å². The van der Waals surface area contributed by atoms with Gasteiger partial charge in [-0.25, -0.2) is 4.79 Å². The predicted molar refractivity (Wildman–Crippen MR) is 81.1 cm³/mol. The quantitative estimate of drug-likeness (QED) is 0.765. The summed E-state index contributed by atoms with van der Waals surface area (Å²) in [6.45, 7) is 3.94. The molecule has 2 amide bonds. The van der Waals surface area contributed by atoms with E-state index in [1.165, 1.54) is 6.42 Å². The Morgan fingerprint density at radius 3 is 2.37 bits per heavy atom. The Bertz CT molecular complexity index is 345. The molecule has 0 aromatic heterocycles. The van der Waals surface area contributed by atoms with Crippen LogP contribution in [0.1, 0.15) is 51.9 Å². The molecular weight excluding hydrogens is 258 g/mol. The number of carbonyl (C=O) groups excluding carboxylic acids is 1. The first kappa shape index (κ1) is 14.6. The molecule has 0 aromatic rings. The van der Waals surface area contributed by atoms with E-state index in [0.29, 0.717) is 4.99 Å². The summed E-state index contributed by atoms with van der Waals surface area (Å²) in [4.78, 5) is 14.7. The van der Waals surface area contributed by atoms with Crippen LogP contribution < -0.4 is 11.1 Å². The molecule has 0 radical (unpaired) electrons. The van der Waals surface area contributed by atoms with E-state index < -0.39 is 5.54 Å². The first-order chi connectivity index (χ1) is 9.03. The van der Waals surface area contributed by atoms with Gasteiger partial charge in [0.25, 0.3) is 0 Å². The molecular formula is C14H25N3OS. The molecule has 2 aliphatic rings. The second kappa shape index (κ2) is 6.07. The Balaban J connectivity index is 1.97. The number of rotatable bonds is 2. The standard InChI is InChI=1S/C14H25N3OS/c1-11-5-9-17(10-6-11)13(18)16-14(12(15)19)7-3-2-4-8-14/h11H,2-10H2,1H3,(H2,15,19)(H,16,18). The average Bonchev–Trinajstić information content (AvgIpc) is 2.40. The summed E-state index contributed by atoms with van der Waals surface area (Å²) >= 11 is 5.21. The van der Waals surface area contributed by atoms with Crippen molar-refractivity contribution in [3.8, 4) is 0 Å². The van der Waals surface area contributed by atoms with Gasteiger partial charge in [-0.3, -0.25) is 0 Å². The highest BCUT2D eigenvalue weighted by molar-refractivity contribution is 7.80. The third-order valence-corrected chi connectivity index (χ3v) is 4.99. The summed E-state index contributed by atoms with van der Waals surface area (Å²) in [7, 11) is 0. The maximum absolute atomic E-state index is 12.4. The second-order valence-electron chi connectivity index (χ2n) is 6.11. The lowest BCUT2D eigenvalue weighted by Crippen LogP contribution is -2.61. The van der Waals surface area contributed by atoms with Crippen molar-refractivity contribution >= 4 is 23.2 Å². The average molecular weight is 283 g/mol. The van der Waals surface area contributed by atoms with Crippen molar-refractivity contribution in [3.63, 3.8) is 0 Å². The van der Waals surface area contributed by atoms with Gasteiger partial charge in [0, 0.05) is 13.1 Å². The smallest absolute Gasteiger partial charge is 0.318 e. The van der Waals surface area contributed by atoms with Gasteiger partial charge in [0.05, 0.1) is 10.5 Å². The molecule has 19 heavy (non-hydrogen) atoms. The summed E-state index contributed by atoms with van der Waals surface area (Å²) in [5, 5.41) is 3.14. The van der Waals surface area contributed by atoms with E-state index in [2.05, 4.69) is 12.2 Å². The lowest BCUT2D eigenvalue weighted by Gasteiger charge is -2.40. The minimum atomic E-state index is -0.437. The van der Waals surface area contributed by atoms with E-state index in [0.717, 1.165) is 57.5 Å². The maximum atomic E-state index is 12.4. The number of amides is 2. The van der Waals surface area contributed by atoms with E-state index in [-0.39, 0.29) is 6.03 Å². The normalized spacial score (nSPS) is 23.9. The van der Waals surface area contributed by atoms with Gasteiger partial charge in [-0.05, 0) is 31.6 Å². The third kappa shape index (κ3) is 3.38. The molecule has 108 valence electrons. The Labute approximate surface area is 121 Å². The van der Waals surface area contributed by atoms with Gasteiger partial charge in [-0.1, -0.05) is 38.4 Å². The largest absolute Gasteiger partial charge is 0.391 e. The fourth-order valence-corrected chi connectivity index (χ4v) is 3.34. The Kier molecular flexibility index (Phi) is 4.66. The van der Waals surface area contributed by atoms with E-state index in [9.17, 15) is 4.79 Å². The fourth-order valence-electron chi connectivity index (χ4n) is 3.08. The van der Waals surface area contributed by atoms with Crippen LogP contribution in [0.15, 0.2) is 0 Å². The highest BCUT2D eigenvalue weighted by Gasteiger charge is 2.37. The molecule has 1 saturated heterocycles. The number of urea groups is 1. The topological polar surface area (TPSA) is 58.4 Å². The van der Waals surface area contributed by atoms with E-state index >= 15 is 0 Å². The van der Waals surface area contributed by atoms with Crippen LogP contribution in [0.5, 0.6) is 0 Å². The highest BCUT2D eigenvalue weighted by Crippen LogP contribution is 2.29. The second-order valence-corrected chi connectivity index (χ2v) is 6.55. The minimum Gasteiger partial charge on any atom is -0.391 e. The summed E-state index contributed by atoms with van der Waals surface area (Å²) in [6.07, 6.45) is 7.35. The molecule has 1 heterocycles. The molecule has 0 aromatic carbocycles. The fraction of sp³-hybridized carbons (Fsp3) is 0.857. The van der Waals surface area contributed by atoms with Crippen LogP contribution in [0.25, 0.3) is 0 Å².